The minimum absolute atomic E-state index is 0.370. The lowest BCUT2D eigenvalue weighted by Crippen LogP contribution is -2.50. The number of imide groups is 1. The van der Waals surface area contributed by atoms with Gasteiger partial charge in [0.25, 0.3) is 5.91 Å². The van der Waals surface area contributed by atoms with Crippen molar-refractivity contribution in [3.63, 3.8) is 0 Å². The van der Waals surface area contributed by atoms with Gasteiger partial charge in [0.05, 0.1) is 11.6 Å². The Morgan fingerprint density at radius 1 is 0.971 bits per heavy atom. The molecule has 7 nitrogen and oxygen atoms in total. The van der Waals surface area contributed by atoms with E-state index in [1.54, 1.807) is 93.6 Å². The van der Waals surface area contributed by atoms with Crippen molar-refractivity contribution in [3.8, 4) is 0 Å². The Hall–Kier alpha value is -4.00. The first kappa shape index (κ1) is 23.2. The van der Waals surface area contributed by atoms with Crippen LogP contribution in [0.5, 0.6) is 0 Å². The molecule has 1 aliphatic rings. The molecule has 0 fully saturated rings. The van der Waals surface area contributed by atoms with E-state index < -0.39 is 40.4 Å². The summed E-state index contributed by atoms with van der Waals surface area (Å²) in [5.41, 5.74) is -0.207. The van der Waals surface area contributed by atoms with E-state index in [1.807, 2.05) is 12.1 Å². The molecule has 1 heterocycles. The molecule has 174 valence electrons. The number of para-hydroxylation sites is 1. The highest BCUT2D eigenvalue weighted by molar-refractivity contribution is 6.23. The first-order valence-corrected chi connectivity index (χ1v) is 11.1. The molecule has 7 heteroatoms. The quantitative estimate of drug-likeness (QED) is 0.382. The van der Waals surface area contributed by atoms with Crippen LogP contribution in [0, 0.1) is 10.1 Å². The summed E-state index contributed by atoms with van der Waals surface area (Å²) in [7, 11) is 0. The van der Waals surface area contributed by atoms with Crippen LogP contribution in [-0.4, -0.2) is 29.1 Å². The number of fused-ring (bicyclic) bond motifs is 1. The Labute approximate surface area is 198 Å². The van der Waals surface area contributed by atoms with Crippen molar-refractivity contribution in [3.05, 3.63) is 112 Å². The van der Waals surface area contributed by atoms with E-state index in [9.17, 15) is 19.7 Å². The van der Waals surface area contributed by atoms with E-state index in [0.717, 1.165) is 4.90 Å². The number of rotatable bonds is 5. The Balaban J connectivity index is 2.03. The fraction of sp³-hybridized carbons (Fsp3) is 0.259. The van der Waals surface area contributed by atoms with Gasteiger partial charge in [0.2, 0.25) is 6.54 Å². The first-order valence-electron chi connectivity index (χ1n) is 11.1. The number of benzene rings is 3. The van der Waals surface area contributed by atoms with Gasteiger partial charge in [0, 0.05) is 4.92 Å². The molecule has 0 bridgehead atoms. The maximum atomic E-state index is 14.4. The summed E-state index contributed by atoms with van der Waals surface area (Å²) in [5.74, 6) is -1.43. The van der Waals surface area contributed by atoms with E-state index in [0.29, 0.717) is 22.4 Å². The van der Waals surface area contributed by atoms with Crippen molar-refractivity contribution in [1.29, 1.82) is 0 Å². The minimum Gasteiger partial charge on any atom is -0.443 e. The van der Waals surface area contributed by atoms with Gasteiger partial charge >= 0.3 is 6.09 Å². The van der Waals surface area contributed by atoms with Crippen molar-refractivity contribution in [2.24, 2.45) is 0 Å². The Bertz CT molecular complexity index is 1220. The van der Waals surface area contributed by atoms with Crippen LogP contribution < -0.4 is 4.90 Å². The van der Waals surface area contributed by atoms with Gasteiger partial charge in [0.15, 0.2) is 0 Å². The van der Waals surface area contributed by atoms with Crippen molar-refractivity contribution in [1.82, 2.24) is 0 Å². The topological polar surface area (TPSA) is 89.8 Å². The molecule has 34 heavy (non-hydrogen) atoms. The van der Waals surface area contributed by atoms with Gasteiger partial charge in [0.1, 0.15) is 11.0 Å². The fourth-order valence-corrected chi connectivity index (χ4v) is 4.74. The highest BCUT2D eigenvalue weighted by Gasteiger charge is 2.60. The second kappa shape index (κ2) is 8.74. The number of hydrogen-bond acceptors (Lipinski definition) is 5. The number of hydrogen-bond donors (Lipinski definition) is 0. The molecule has 0 saturated carbocycles. The molecular formula is C27H26N2O5. The zero-order valence-electron chi connectivity index (χ0n) is 19.3. The Morgan fingerprint density at radius 3 is 2.12 bits per heavy atom. The summed E-state index contributed by atoms with van der Waals surface area (Å²) in [5, 5.41) is 11.9. The van der Waals surface area contributed by atoms with Crippen molar-refractivity contribution in [2.75, 3.05) is 11.4 Å². The minimum atomic E-state index is -1.50. The van der Waals surface area contributed by atoms with Gasteiger partial charge in [-0.05, 0) is 43.5 Å². The van der Waals surface area contributed by atoms with Crippen LogP contribution in [-0.2, 0) is 14.9 Å². The zero-order valence-corrected chi connectivity index (χ0v) is 19.3. The lowest BCUT2D eigenvalue weighted by molar-refractivity contribution is -0.484. The molecule has 0 aromatic heterocycles. The third-order valence-corrected chi connectivity index (χ3v) is 5.97. The van der Waals surface area contributed by atoms with Crippen LogP contribution in [0.1, 0.15) is 43.4 Å². The number of nitrogens with zero attached hydrogens (tertiary/aromatic N) is 2. The number of amides is 2. The summed E-state index contributed by atoms with van der Waals surface area (Å²) in [6.07, 6.45) is -0.810. The molecule has 1 aliphatic heterocycles. The molecule has 3 aromatic carbocycles. The predicted octanol–water partition coefficient (Wildman–Crippen LogP) is 5.31. The smallest absolute Gasteiger partial charge is 0.421 e. The Morgan fingerprint density at radius 2 is 1.53 bits per heavy atom. The summed E-state index contributed by atoms with van der Waals surface area (Å²) in [4.78, 5) is 40.2. The van der Waals surface area contributed by atoms with Gasteiger partial charge in [-0.1, -0.05) is 78.9 Å². The molecule has 0 aliphatic carbocycles. The molecule has 4 rings (SSSR count). The molecular weight excluding hydrogens is 432 g/mol. The molecule has 0 spiro atoms. The number of carbonyl (C=O) groups is 2. The molecule has 2 amide bonds. The van der Waals surface area contributed by atoms with Crippen LogP contribution in [0.25, 0.3) is 0 Å². The van der Waals surface area contributed by atoms with E-state index in [4.69, 9.17) is 4.74 Å². The average molecular weight is 459 g/mol. The molecule has 0 unspecified atom stereocenters. The predicted molar refractivity (Wildman–Crippen MR) is 128 cm³/mol. The van der Waals surface area contributed by atoms with Gasteiger partial charge in [-0.2, -0.15) is 0 Å². The van der Waals surface area contributed by atoms with Crippen LogP contribution in [0.3, 0.4) is 0 Å². The Kier molecular flexibility index (Phi) is 5.96. The molecule has 0 saturated heterocycles. The molecule has 0 N–H and O–H groups in total. The summed E-state index contributed by atoms with van der Waals surface area (Å²) < 4.78 is 5.58. The fourth-order valence-electron chi connectivity index (χ4n) is 4.74. The summed E-state index contributed by atoms with van der Waals surface area (Å²) >= 11 is 0. The van der Waals surface area contributed by atoms with E-state index in [2.05, 4.69) is 0 Å². The summed E-state index contributed by atoms with van der Waals surface area (Å²) in [6, 6.07) is 24.9. The largest absolute Gasteiger partial charge is 0.443 e. The van der Waals surface area contributed by atoms with E-state index in [1.165, 1.54) is 0 Å². The number of carbonyl (C=O) groups excluding carboxylic acids is 2. The van der Waals surface area contributed by atoms with Crippen LogP contribution in [0.4, 0.5) is 10.5 Å². The first-order chi connectivity index (χ1) is 16.2. The third kappa shape index (κ3) is 3.94. The maximum Gasteiger partial charge on any atom is 0.421 e. The third-order valence-electron chi connectivity index (χ3n) is 5.97. The SMILES string of the molecule is CC(C)(C)OC(=O)N1C(=O)[C@@](c2ccccc2)([C@H](C[N+](=O)[O-])c2ccccc2)c2ccccc21. The second-order valence-electron chi connectivity index (χ2n) is 9.29. The lowest BCUT2D eigenvalue weighted by Gasteiger charge is -2.35. The lowest BCUT2D eigenvalue weighted by atomic mass is 9.64. The van der Waals surface area contributed by atoms with E-state index >= 15 is 0 Å². The van der Waals surface area contributed by atoms with E-state index in [-0.39, 0.29) is 0 Å². The van der Waals surface area contributed by atoms with Gasteiger partial charge < -0.3 is 4.74 Å². The molecule has 0 radical (unpaired) electrons. The zero-order chi connectivity index (χ0) is 24.5. The van der Waals surface area contributed by atoms with Crippen molar-refractivity contribution in [2.45, 2.75) is 37.7 Å². The maximum absolute atomic E-state index is 14.4. The summed E-state index contributed by atoms with van der Waals surface area (Å²) in [6.45, 7) is 4.67. The number of ether oxygens (including phenoxy) is 1. The van der Waals surface area contributed by atoms with Crippen LogP contribution >= 0.6 is 0 Å². The highest BCUT2D eigenvalue weighted by atomic mass is 16.6. The second-order valence-corrected chi connectivity index (χ2v) is 9.29. The average Bonchev–Trinajstić information content (AvgIpc) is 3.06. The molecule has 3 aromatic rings. The highest BCUT2D eigenvalue weighted by Crippen LogP contribution is 2.54. The van der Waals surface area contributed by atoms with Gasteiger partial charge in [-0.3, -0.25) is 14.9 Å². The molecule has 2 atom stereocenters. The monoisotopic (exact) mass is 458 g/mol. The van der Waals surface area contributed by atoms with Crippen LogP contribution in [0.2, 0.25) is 0 Å². The normalized spacial score (nSPS) is 18.3. The van der Waals surface area contributed by atoms with Crippen molar-refractivity contribution >= 4 is 17.7 Å². The van der Waals surface area contributed by atoms with Gasteiger partial charge in [-0.15, -0.1) is 0 Å². The van der Waals surface area contributed by atoms with Crippen LogP contribution in [0.15, 0.2) is 84.9 Å². The van der Waals surface area contributed by atoms with Gasteiger partial charge in [-0.25, -0.2) is 9.69 Å². The van der Waals surface area contributed by atoms with Crippen molar-refractivity contribution < 1.29 is 19.2 Å². The number of anilines is 1. The number of nitro groups is 1. The standard InChI is InChI=1S/C27H26N2O5/c1-26(2,3)34-25(31)29-23-17-11-10-16-21(23)27(24(29)30,20-14-8-5-9-15-20)22(18-28(32)33)19-12-6-4-7-13-19/h4-17,22H,18H2,1-3H3/t22-,27-/m1/s1.